The van der Waals surface area contributed by atoms with Crippen LogP contribution in [-0.2, 0) is 14.8 Å². The van der Waals surface area contributed by atoms with Gasteiger partial charge in [-0.3, -0.25) is 19.7 Å². The smallest absolute Gasteiger partial charge is 0.310 e. The number of hydrogen-bond acceptors (Lipinski definition) is 8. The molecule has 0 saturated heterocycles. The molecule has 0 bridgehead atoms. The molecule has 214 valence electrons. The summed E-state index contributed by atoms with van der Waals surface area (Å²) in [6, 6.07) is 20.7. The lowest BCUT2D eigenvalue weighted by Gasteiger charge is -2.13. The maximum absolute atomic E-state index is 13.0. The highest BCUT2D eigenvalue weighted by atomic mass is 32.2. The fraction of sp³-hybridized carbons (Fsp3) is 0.103. The second-order valence-corrected chi connectivity index (χ2v) is 11.2. The Labute approximate surface area is 240 Å². The van der Waals surface area contributed by atoms with E-state index < -0.39 is 33.3 Å². The SMILES string of the molecule is COc1cc(-c2ccc3c(c2)Nc2ccc(NC(=O)CNS(=O)(=O)c4ccc(C)cc4)cc2NC3=O)ccc1[N+](=O)[O-]. The number of sulfonamides is 1. The summed E-state index contributed by atoms with van der Waals surface area (Å²) < 4.78 is 32.4. The number of nitrogens with one attached hydrogen (secondary N) is 4. The van der Waals surface area contributed by atoms with E-state index in [4.69, 9.17) is 4.74 Å². The van der Waals surface area contributed by atoms with E-state index in [0.29, 0.717) is 39.4 Å². The lowest BCUT2D eigenvalue weighted by Crippen LogP contribution is -2.32. The van der Waals surface area contributed by atoms with Gasteiger partial charge in [0.2, 0.25) is 15.9 Å². The van der Waals surface area contributed by atoms with Gasteiger partial charge in [0.15, 0.2) is 5.75 Å². The number of anilines is 4. The number of hydrogen-bond donors (Lipinski definition) is 4. The monoisotopic (exact) mass is 587 g/mol. The van der Waals surface area contributed by atoms with E-state index in [0.717, 1.165) is 5.56 Å². The Morgan fingerprint density at radius 1 is 0.905 bits per heavy atom. The first kappa shape index (κ1) is 28.3. The van der Waals surface area contributed by atoms with Gasteiger partial charge in [0, 0.05) is 11.8 Å². The molecular weight excluding hydrogens is 562 g/mol. The topological polar surface area (TPSA) is 169 Å². The van der Waals surface area contributed by atoms with Crippen molar-refractivity contribution in [3.8, 4) is 16.9 Å². The lowest BCUT2D eigenvalue weighted by molar-refractivity contribution is -0.385. The number of rotatable bonds is 8. The van der Waals surface area contributed by atoms with E-state index in [2.05, 4.69) is 20.7 Å². The molecule has 0 fully saturated rings. The number of nitrogens with zero attached hydrogens (tertiary/aromatic N) is 1. The zero-order valence-corrected chi connectivity index (χ0v) is 23.2. The van der Waals surface area contributed by atoms with E-state index in [1.165, 1.54) is 25.3 Å². The van der Waals surface area contributed by atoms with E-state index >= 15 is 0 Å². The molecule has 0 aromatic heterocycles. The molecule has 0 aliphatic carbocycles. The number of methoxy groups -OCH3 is 1. The number of aryl methyl sites for hydroxylation is 1. The summed E-state index contributed by atoms with van der Waals surface area (Å²) in [5.74, 6) is -0.871. The minimum absolute atomic E-state index is 0.0511. The maximum atomic E-state index is 13.0. The average Bonchev–Trinajstić information content (AvgIpc) is 3.10. The summed E-state index contributed by atoms with van der Waals surface area (Å²) in [5.41, 5.74) is 4.26. The molecule has 0 saturated carbocycles. The number of fused-ring (bicyclic) bond motifs is 2. The molecule has 1 aliphatic heterocycles. The molecule has 1 aliphatic rings. The van der Waals surface area contributed by atoms with Crippen LogP contribution in [0.2, 0.25) is 0 Å². The van der Waals surface area contributed by atoms with Crippen LogP contribution in [-0.4, -0.2) is 38.8 Å². The Bertz CT molecular complexity index is 1840. The van der Waals surface area contributed by atoms with E-state index in [1.807, 2.05) is 6.92 Å². The van der Waals surface area contributed by atoms with E-state index in [-0.39, 0.29) is 16.3 Å². The van der Waals surface area contributed by atoms with Gasteiger partial charge in [-0.25, -0.2) is 13.1 Å². The number of benzene rings is 4. The van der Waals surface area contributed by atoms with Gasteiger partial charge in [0.1, 0.15) is 0 Å². The van der Waals surface area contributed by atoms with Crippen LogP contribution in [0.25, 0.3) is 11.1 Å². The third-order valence-electron chi connectivity index (χ3n) is 6.55. The molecule has 0 unspecified atom stereocenters. The van der Waals surface area contributed by atoms with Crippen LogP contribution in [0.15, 0.2) is 83.8 Å². The van der Waals surface area contributed by atoms with E-state index in [1.54, 1.807) is 60.7 Å². The highest BCUT2D eigenvalue weighted by Crippen LogP contribution is 2.38. The zero-order valence-electron chi connectivity index (χ0n) is 22.4. The molecule has 0 spiro atoms. The summed E-state index contributed by atoms with van der Waals surface area (Å²) in [7, 11) is -2.52. The standard InChI is InChI=1S/C29H25N5O7S/c1-17-3-8-21(9-4-17)42(39,40)30-16-28(35)31-20-7-11-23-25(15-20)33-29(36)22-10-5-18(13-24(22)32-23)19-6-12-26(34(37)38)27(14-19)41-2/h3-15,30,32H,16H2,1-2H3,(H,31,35)(H,33,36). The van der Waals surface area contributed by atoms with Gasteiger partial charge in [-0.2, -0.15) is 0 Å². The normalized spacial score (nSPS) is 12.2. The van der Waals surface area contributed by atoms with Gasteiger partial charge in [0.25, 0.3) is 5.91 Å². The minimum Gasteiger partial charge on any atom is -0.490 e. The number of carbonyl (C=O) groups excluding carboxylic acids is 2. The van der Waals surface area contributed by atoms with Crippen LogP contribution in [0, 0.1) is 17.0 Å². The molecular formula is C29H25N5O7S. The highest BCUT2D eigenvalue weighted by molar-refractivity contribution is 7.89. The van der Waals surface area contributed by atoms with Crippen molar-refractivity contribution in [1.29, 1.82) is 0 Å². The summed E-state index contributed by atoms with van der Waals surface area (Å²) in [4.78, 5) is 36.3. The second-order valence-electron chi connectivity index (χ2n) is 9.43. The van der Waals surface area contributed by atoms with Crippen molar-refractivity contribution in [3.63, 3.8) is 0 Å². The fourth-order valence-corrected chi connectivity index (χ4v) is 5.35. The average molecular weight is 588 g/mol. The van der Waals surface area contributed by atoms with Crippen LogP contribution in [0.1, 0.15) is 15.9 Å². The van der Waals surface area contributed by atoms with Crippen molar-refractivity contribution in [2.24, 2.45) is 0 Å². The van der Waals surface area contributed by atoms with Crippen LogP contribution in [0.3, 0.4) is 0 Å². The maximum Gasteiger partial charge on any atom is 0.310 e. The zero-order chi connectivity index (χ0) is 30.0. The number of ether oxygens (including phenoxy) is 1. The first-order valence-electron chi connectivity index (χ1n) is 12.6. The number of carbonyl (C=O) groups is 2. The first-order valence-corrected chi connectivity index (χ1v) is 14.1. The van der Waals surface area contributed by atoms with Crippen LogP contribution >= 0.6 is 0 Å². The Morgan fingerprint density at radius 3 is 2.33 bits per heavy atom. The van der Waals surface area contributed by atoms with Crippen LogP contribution < -0.4 is 25.4 Å². The van der Waals surface area contributed by atoms with Crippen molar-refractivity contribution in [2.45, 2.75) is 11.8 Å². The lowest BCUT2D eigenvalue weighted by atomic mass is 10.0. The van der Waals surface area contributed by atoms with E-state index in [9.17, 15) is 28.1 Å². The molecule has 0 atom stereocenters. The molecule has 4 aromatic rings. The third-order valence-corrected chi connectivity index (χ3v) is 7.97. The van der Waals surface area contributed by atoms with Crippen molar-refractivity contribution < 1.29 is 27.7 Å². The highest BCUT2D eigenvalue weighted by Gasteiger charge is 2.22. The Morgan fingerprint density at radius 2 is 1.62 bits per heavy atom. The van der Waals surface area contributed by atoms with Crippen molar-refractivity contribution in [3.05, 3.63) is 100 Å². The molecule has 4 aromatic carbocycles. The Hall–Kier alpha value is -5.27. The molecule has 42 heavy (non-hydrogen) atoms. The molecule has 4 N–H and O–H groups in total. The number of amides is 2. The van der Waals surface area contributed by atoms with Gasteiger partial charge >= 0.3 is 5.69 Å². The van der Waals surface area contributed by atoms with Crippen molar-refractivity contribution in [2.75, 3.05) is 29.6 Å². The van der Waals surface area contributed by atoms with Crippen LogP contribution in [0.5, 0.6) is 5.75 Å². The molecule has 12 nitrogen and oxygen atoms in total. The van der Waals surface area contributed by atoms with Crippen LogP contribution in [0.4, 0.5) is 28.4 Å². The van der Waals surface area contributed by atoms with Gasteiger partial charge in [0.05, 0.1) is 46.1 Å². The second kappa shape index (κ2) is 11.3. The van der Waals surface area contributed by atoms with Crippen molar-refractivity contribution >= 4 is 50.3 Å². The predicted molar refractivity (Wildman–Crippen MR) is 158 cm³/mol. The summed E-state index contributed by atoms with van der Waals surface area (Å²) in [5, 5.41) is 19.9. The third kappa shape index (κ3) is 5.92. The van der Waals surface area contributed by atoms with Gasteiger partial charge in [-0.05, 0) is 72.6 Å². The Balaban J connectivity index is 1.32. The molecule has 13 heteroatoms. The van der Waals surface area contributed by atoms with Gasteiger partial charge < -0.3 is 20.7 Å². The first-order chi connectivity index (χ1) is 20.0. The molecule has 1 heterocycles. The fourth-order valence-electron chi connectivity index (χ4n) is 4.37. The molecule has 0 radical (unpaired) electrons. The van der Waals surface area contributed by atoms with Crippen molar-refractivity contribution in [1.82, 2.24) is 4.72 Å². The number of nitro groups is 1. The quantitative estimate of drug-likeness (QED) is 0.168. The summed E-state index contributed by atoms with van der Waals surface area (Å²) in [6.07, 6.45) is 0. The Kier molecular flexibility index (Phi) is 7.61. The molecule has 2 amide bonds. The molecule has 5 rings (SSSR count). The minimum atomic E-state index is -3.87. The van der Waals surface area contributed by atoms with Gasteiger partial charge in [-0.1, -0.05) is 23.8 Å². The predicted octanol–water partition coefficient (Wildman–Crippen LogP) is 4.81. The summed E-state index contributed by atoms with van der Waals surface area (Å²) in [6.45, 7) is 1.35. The number of nitro benzene ring substituents is 1. The summed E-state index contributed by atoms with van der Waals surface area (Å²) >= 11 is 0. The van der Waals surface area contributed by atoms with Gasteiger partial charge in [-0.15, -0.1) is 0 Å². The largest absolute Gasteiger partial charge is 0.490 e.